The standard InChI is InChI=1S/C3H8Cl4S2/c1-9(6,7)3-2-8(4)5/h8H,2-3H2,1H3. The van der Waals surface area contributed by atoms with Gasteiger partial charge in [-0.2, -0.15) is 0 Å². The van der Waals surface area contributed by atoms with E-state index in [9.17, 15) is 0 Å². The first kappa shape index (κ1) is 10.9. The van der Waals surface area contributed by atoms with E-state index < -0.39 is 17.8 Å². The molecule has 0 atom stereocenters. The second-order valence-electron chi connectivity index (χ2n) is 1.60. The summed E-state index contributed by atoms with van der Waals surface area (Å²) in [6.45, 7) is 0. The largest absolute Gasteiger partial charge is 0.0952 e. The zero-order valence-corrected chi connectivity index (χ0v) is 9.52. The van der Waals surface area contributed by atoms with Gasteiger partial charge in [0.1, 0.15) is 0 Å². The molecule has 0 aromatic rings. The van der Waals surface area contributed by atoms with Crippen molar-refractivity contribution in [2.45, 2.75) is 0 Å². The van der Waals surface area contributed by atoms with Crippen LogP contribution in [0.15, 0.2) is 0 Å². The minimum atomic E-state index is -1.43. The van der Waals surface area contributed by atoms with E-state index in [4.69, 9.17) is 42.7 Å². The van der Waals surface area contributed by atoms with E-state index in [2.05, 4.69) is 0 Å². The molecule has 0 fully saturated rings. The molecule has 0 rings (SSSR count). The molecule has 0 heterocycles. The molecule has 0 bridgehead atoms. The number of halogens is 4. The summed E-state index contributed by atoms with van der Waals surface area (Å²) in [5.41, 5.74) is 0. The van der Waals surface area contributed by atoms with Crippen molar-refractivity contribution in [1.29, 1.82) is 0 Å². The third-order valence-electron chi connectivity index (χ3n) is 0.619. The van der Waals surface area contributed by atoms with Crippen molar-refractivity contribution in [2.75, 3.05) is 17.8 Å². The average molecular weight is 250 g/mol. The molecule has 9 heavy (non-hydrogen) atoms. The first-order chi connectivity index (χ1) is 3.92. The highest BCUT2D eigenvalue weighted by atomic mass is 36.0. The Morgan fingerprint density at radius 1 is 1.33 bits per heavy atom. The Kier molecular flexibility index (Phi) is 5.65. The summed E-state index contributed by atoms with van der Waals surface area (Å²) in [5, 5.41) is 0. The third kappa shape index (κ3) is 9.86. The smallest absolute Gasteiger partial charge is 0.0123 e. The summed E-state index contributed by atoms with van der Waals surface area (Å²) >= 11 is 0. The van der Waals surface area contributed by atoms with E-state index in [1.54, 1.807) is 0 Å². The minimum absolute atomic E-state index is 0.731. The Morgan fingerprint density at radius 3 is 1.89 bits per heavy atom. The Hall–Kier alpha value is 1.86. The van der Waals surface area contributed by atoms with Crippen molar-refractivity contribution in [3.05, 3.63) is 0 Å². The van der Waals surface area contributed by atoms with Crippen LogP contribution >= 0.6 is 60.5 Å². The van der Waals surface area contributed by atoms with Gasteiger partial charge in [-0.15, -0.1) is 0 Å². The van der Waals surface area contributed by atoms with Gasteiger partial charge in [0, 0.05) is 11.5 Å². The lowest BCUT2D eigenvalue weighted by atomic mass is 11.0. The van der Waals surface area contributed by atoms with E-state index in [1.807, 2.05) is 6.26 Å². The Morgan fingerprint density at radius 2 is 1.78 bits per heavy atom. The Balaban J connectivity index is 3.28. The van der Waals surface area contributed by atoms with Crippen LogP contribution < -0.4 is 0 Å². The van der Waals surface area contributed by atoms with Crippen LogP contribution in [0, 0.1) is 0 Å². The second kappa shape index (κ2) is 4.68. The minimum Gasteiger partial charge on any atom is -0.0952 e. The van der Waals surface area contributed by atoms with Gasteiger partial charge in [-0.3, -0.25) is 0 Å². The quantitative estimate of drug-likeness (QED) is 0.718. The van der Waals surface area contributed by atoms with Crippen molar-refractivity contribution in [3.8, 4) is 0 Å². The lowest BCUT2D eigenvalue weighted by molar-refractivity contribution is 1.56. The highest BCUT2D eigenvalue weighted by Gasteiger charge is 2.10. The van der Waals surface area contributed by atoms with E-state index in [0.29, 0.717) is 0 Å². The SMILES string of the molecule is CS(Cl)(Cl)CC[SH](Cl)Cl. The number of thiol groups is 1. The molecule has 0 radical (unpaired) electrons. The number of hydrogen-bond acceptors (Lipinski definition) is 0. The fourth-order valence-corrected chi connectivity index (χ4v) is 4.55. The van der Waals surface area contributed by atoms with Gasteiger partial charge in [0.25, 0.3) is 0 Å². The van der Waals surface area contributed by atoms with Crippen molar-refractivity contribution >= 4 is 60.5 Å². The lowest BCUT2D eigenvalue weighted by Crippen LogP contribution is -1.91. The van der Waals surface area contributed by atoms with E-state index in [1.165, 1.54) is 0 Å². The molecule has 0 saturated heterocycles. The van der Waals surface area contributed by atoms with Crippen molar-refractivity contribution in [2.24, 2.45) is 0 Å². The van der Waals surface area contributed by atoms with E-state index >= 15 is 0 Å². The van der Waals surface area contributed by atoms with Gasteiger partial charge < -0.3 is 0 Å². The van der Waals surface area contributed by atoms with Crippen molar-refractivity contribution in [3.63, 3.8) is 0 Å². The predicted octanol–water partition coefficient (Wildman–Crippen LogP) is 4.04. The van der Waals surface area contributed by atoms with Gasteiger partial charge in [0.2, 0.25) is 0 Å². The molecule has 0 aromatic carbocycles. The molecular weight excluding hydrogens is 242 g/mol. The highest BCUT2D eigenvalue weighted by molar-refractivity contribution is 8.66. The van der Waals surface area contributed by atoms with Crippen LogP contribution in [0.2, 0.25) is 0 Å². The molecule has 0 N–H and O–H groups in total. The molecule has 0 saturated carbocycles. The van der Waals surface area contributed by atoms with Gasteiger partial charge in [0.15, 0.2) is 0 Å². The Labute approximate surface area is 77.8 Å². The van der Waals surface area contributed by atoms with Crippen LogP contribution in [0.3, 0.4) is 0 Å². The monoisotopic (exact) mass is 248 g/mol. The normalized spacial score (nSPS) is 15.4. The first-order valence-corrected chi connectivity index (χ1v) is 9.36. The summed E-state index contributed by atoms with van der Waals surface area (Å²) in [7, 11) is 20.2. The molecule has 0 aliphatic heterocycles. The van der Waals surface area contributed by atoms with E-state index in [-0.39, 0.29) is 0 Å². The van der Waals surface area contributed by atoms with Crippen LogP contribution in [-0.4, -0.2) is 17.8 Å². The molecule has 6 heteroatoms. The fraction of sp³-hybridized carbons (Fsp3) is 1.00. The first-order valence-electron chi connectivity index (χ1n) is 2.16. The molecule has 0 aliphatic rings. The summed E-state index contributed by atoms with van der Waals surface area (Å²) in [5.74, 6) is 1.46. The number of hydrogen-bond donors (Lipinski definition) is 1. The van der Waals surface area contributed by atoms with Gasteiger partial charge >= 0.3 is 0 Å². The maximum Gasteiger partial charge on any atom is 0.0123 e. The lowest BCUT2D eigenvalue weighted by Gasteiger charge is -2.18. The van der Waals surface area contributed by atoms with Crippen LogP contribution in [0.4, 0.5) is 0 Å². The molecular formula is C3H8Cl4S2. The maximum atomic E-state index is 5.72. The van der Waals surface area contributed by atoms with Crippen molar-refractivity contribution < 1.29 is 0 Å². The maximum absolute atomic E-state index is 5.72. The zero-order chi connectivity index (χ0) is 7.49. The Bertz CT molecular complexity index is 78.4. The summed E-state index contributed by atoms with van der Waals surface area (Å²) in [6.07, 6.45) is 1.81. The zero-order valence-electron chi connectivity index (χ0n) is 4.78. The van der Waals surface area contributed by atoms with Gasteiger partial charge in [0.05, 0.1) is 0 Å². The average Bonchev–Trinajstić information content (AvgIpc) is 1.59. The van der Waals surface area contributed by atoms with Gasteiger partial charge in [-0.1, -0.05) is 60.5 Å². The summed E-state index contributed by atoms with van der Waals surface area (Å²) in [6, 6.07) is 0. The van der Waals surface area contributed by atoms with Crippen LogP contribution in [-0.2, 0) is 0 Å². The summed E-state index contributed by atoms with van der Waals surface area (Å²) in [4.78, 5) is 0. The van der Waals surface area contributed by atoms with Crippen LogP contribution in [0.5, 0.6) is 0 Å². The van der Waals surface area contributed by atoms with E-state index in [0.717, 1.165) is 11.5 Å². The summed E-state index contributed by atoms with van der Waals surface area (Å²) < 4.78 is 0. The van der Waals surface area contributed by atoms with Crippen LogP contribution in [0.25, 0.3) is 0 Å². The fourth-order valence-electron chi connectivity index (χ4n) is 0.229. The molecule has 0 spiro atoms. The molecule has 60 valence electrons. The predicted molar refractivity (Wildman–Crippen MR) is 55.6 cm³/mol. The molecule has 0 nitrogen and oxygen atoms in total. The number of rotatable bonds is 3. The molecule has 0 aliphatic carbocycles. The molecule has 0 unspecified atom stereocenters. The second-order valence-corrected chi connectivity index (χ2v) is 12.3. The topological polar surface area (TPSA) is 0 Å². The molecule has 0 aromatic heterocycles. The third-order valence-corrected chi connectivity index (χ3v) is 4.34. The van der Waals surface area contributed by atoms with Gasteiger partial charge in [-0.05, 0) is 6.26 Å². The van der Waals surface area contributed by atoms with Crippen molar-refractivity contribution in [1.82, 2.24) is 0 Å². The molecule has 0 amide bonds. The highest BCUT2D eigenvalue weighted by Crippen LogP contribution is 2.56. The van der Waals surface area contributed by atoms with Gasteiger partial charge in [-0.25, -0.2) is 0 Å². The van der Waals surface area contributed by atoms with Crippen LogP contribution in [0.1, 0.15) is 0 Å².